The van der Waals surface area contributed by atoms with Crippen LogP contribution < -0.4 is 9.62 Å². The molecule has 1 aliphatic rings. The highest BCUT2D eigenvalue weighted by atomic mass is 32.2. The number of hydrogen-bond acceptors (Lipinski definition) is 5. The molecule has 0 aromatic heterocycles. The largest absolute Gasteiger partial charge is 0.378 e. The van der Waals surface area contributed by atoms with Gasteiger partial charge in [0.25, 0.3) is 5.91 Å². The predicted molar refractivity (Wildman–Crippen MR) is 143 cm³/mol. The molecule has 0 radical (unpaired) electrons. The second-order valence-electron chi connectivity index (χ2n) is 9.04. The number of anilines is 1. The minimum atomic E-state index is -3.78. The number of nitrogens with one attached hydrogen (secondary N) is 1. The average molecular weight is 522 g/mol. The van der Waals surface area contributed by atoms with Gasteiger partial charge in [-0.15, -0.1) is 0 Å². The summed E-state index contributed by atoms with van der Waals surface area (Å²) in [6.07, 6.45) is 1.06. The second kappa shape index (κ2) is 11.6. The topological polar surface area (TPSA) is 96.0 Å². The van der Waals surface area contributed by atoms with Crippen LogP contribution in [0, 0.1) is 6.92 Å². The van der Waals surface area contributed by atoms with Gasteiger partial charge in [-0.25, -0.2) is 8.42 Å². The summed E-state index contributed by atoms with van der Waals surface area (Å²) in [6.45, 7) is 3.61. The average Bonchev–Trinajstić information content (AvgIpc) is 2.91. The Labute approximate surface area is 217 Å². The molecular weight excluding hydrogens is 490 g/mol. The molecule has 9 heteroatoms. The molecule has 2 amide bonds. The number of benzene rings is 3. The van der Waals surface area contributed by atoms with Gasteiger partial charge in [0.15, 0.2) is 0 Å². The summed E-state index contributed by atoms with van der Waals surface area (Å²) in [4.78, 5) is 27.6. The maximum atomic E-state index is 13.2. The lowest BCUT2D eigenvalue weighted by molar-refractivity contribution is -0.120. The van der Waals surface area contributed by atoms with E-state index in [2.05, 4.69) is 5.32 Å². The minimum Gasteiger partial charge on any atom is -0.378 e. The van der Waals surface area contributed by atoms with Crippen LogP contribution in [0.2, 0.25) is 0 Å². The minimum absolute atomic E-state index is 0.137. The van der Waals surface area contributed by atoms with E-state index in [1.807, 2.05) is 61.5 Å². The molecule has 1 fully saturated rings. The third kappa shape index (κ3) is 6.75. The van der Waals surface area contributed by atoms with Gasteiger partial charge in [-0.1, -0.05) is 60.2 Å². The van der Waals surface area contributed by atoms with E-state index in [4.69, 9.17) is 4.74 Å². The first-order valence-electron chi connectivity index (χ1n) is 12.1. The van der Waals surface area contributed by atoms with Crippen molar-refractivity contribution in [2.75, 3.05) is 43.4 Å². The molecule has 8 nitrogen and oxygen atoms in total. The molecule has 194 valence electrons. The van der Waals surface area contributed by atoms with E-state index in [9.17, 15) is 18.0 Å². The zero-order valence-corrected chi connectivity index (χ0v) is 21.8. The Morgan fingerprint density at radius 1 is 0.919 bits per heavy atom. The number of amides is 2. The summed E-state index contributed by atoms with van der Waals surface area (Å²) < 4.78 is 31.6. The molecule has 0 aliphatic carbocycles. The van der Waals surface area contributed by atoms with Gasteiger partial charge in [-0.3, -0.25) is 13.9 Å². The Kier molecular flexibility index (Phi) is 8.25. The first-order valence-corrected chi connectivity index (χ1v) is 13.9. The first-order chi connectivity index (χ1) is 17.7. The normalized spacial score (nSPS) is 14.6. The summed E-state index contributed by atoms with van der Waals surface area (Å²) in [6, 6.07) is 23.2. The number of carbonyl (C=O) groups excluding carboxylic acids is 2. The zero-order chi connectivity index (χ0) is 26.4. The van der Waals surface area contributed by atoms with E-state index in [0.717, 1.165) is 27.3 Å². The number of hydrogen-bond donors (Lipinski definition) is 1. The van der Waals surface area contributed by atoms with Crippen LogP contribution in [0.1, 0.15) is 33.1 Å². The Hall–Kier alpha value is -3.69. The number of aryl methyl sites for hydroxylation is 1. The van der Waals surface area contributed by atoms with Gasteiger partial charge >= 0.3 is 0 Å². The molecule has 4 rings (SSSR count). The molecule has 0 bridgehead atoms. The number of rotatable bonds is 8. The van der Waals surface area contributed by atoms with Crippen LogP contribution in [-0.2, 0) is 19.6 Å². The molecule has 3 aromatic carbocycles. The summed E-state index contributed by atoms with van der Waals surface area (Å²) in [5, 5.41) is 3.00. The Morgan fingerprint density at radius 3 is 2.11 bits per heavy atom. The van der Waals surface area contributed by atoms with Gasteiger partial charge in [0.2, 0.25) is 15.9 Å². The van der Waals surface area contributed by atoms with Crippen LogP contribution in [0.15, 0.2) is 78.9 Å². The third-order valence-corrected chi connectivity index (χ3v) is 7.38. The van der Waals surface area contributed by atoms with Crippen molar-refractivity contribution < 1.29 is 22.7 Å². The SMILES string of the molecule is Cc1ccc(C(NC(=O)CN(c2ccc(C(=O)N3CCOCC3)cc2)S(C)(=O)=O)c2ccccc2)cc1. The summed E-state index contributed by atoms with van der Waals surface area (Å²) >= 11 is 0. The molecular formula is C28H31N3O5S. The number of morpholine rings is 1. The third-order valence-electron chi connectivity index (χ3n) is 6.24. The van der Waals surface area contributed by atoms with Crippen LogP contribution in [0.25, 0.3) is 0 Å². The van der Waals surface area contributed by atoms with Crippen molar-refractivity contribution in [3.63, 3.8) is 0 Å². The number of carbonyl (C=O) groups is 2. The standard InChI is InChI=1S/C28H31N3O5S/c1-21-8-10-23(11-9-21)27(22-6-4-3-5-7-22)29-26(32)20-31(37(2,34)35)25-14-12-24(13-15-25)28(33)30-16-18-36-19-17-30/h3-15,27H,16-20H2,1-2H3,(H,29,32). The Morgan fingerprint density at radius 2 is 1.51 bits per heavy atom. The molecule has 37 heavy (non-hydrogen) atoms. The van der Waals surface area contributed by atoms with Gasteiger partial charge in [-0.2, -0.15) is 0 Å². The van der Waals surface area contributed by atoms with Crippen LogP contribution in [0.5, 0.6) is 0 Å². The molecule has 1 unspecified atom stereocenters. The molecule has 3 aromatic rings. The van der Waals surface area contributed by atoms with E-state index in [1.54, 1.807) is 29.2 Å². The lowest BCUT2D eigenvalue weighted by Crippen LogP contribution is -2.42. The lowest BCUT2D eigenvalue weighted by Gasteiger charge is -2.27. The van der Waals surface area contributed by atoms with E-state index in [0.29, 0.717) is 37.6 Å². The van der Waals surface area contributed by atoms with Crippen LogP contribution in [0.3, 0.4) is 0 Å². The maximum absolute atomic E-state index is 13.2. The van der Waals surface area contributed by atoms with Crippen molar-refractivity contribution in [1.82, 2.24) is 10.2 Å². The van der Waals surface area contributed by atoms with Gasteiger partial charge in [0, 0.05) is 18.7 Å². The quantitative estimate of drug-likeness (QED) is 0.491. The van der Waals surface area contributed by atoms with E-state index >= 15 is 0 Å². The molecule has 1 aliphatic heterocycles. The summed E-state index contributed by atoms with van der Waals surface area (Å²) in [5.41, 5.74) is 3.63. The monoisotopic (exact) mass is 521 g/mol. The highest BCUT2D eigenvalue weighted by molar-refractivity contribution is 7.92. The van der Waals surface area contributed by atoms with Gasteiger partial charge in [0.1, 0.15) is 6.54 Å². The Balaban J connectivity index is 1.53. The van der Waals surface area contributed by atoms with E-state index in [-0.39, 0.29) is 5.91 Å². The molecule has 1 heterocycles. The fraction of sp³-hybridized carbons (Fsp3) is 0.286. The summed E-state index contributed by atoms with van der Waals surface area (Å²) in [7, 11) is -3.78. The first kappa shape index (κ1) is 26.4. The van der Waals surface area contributed by atoms with Crippen LogP contribution in [0.4, 0.5) is 5.69 Å². The van der Waals surface area contributed by atoms with Crippen molar-refractivity contribution in [1.29, 1.82) is 0 Å². The molecule has 1 atom stereocenters. The lowest BCUT2D eigenvalue weighted by atomic mass is 9.98. The van der Waals surface area contributed by atoms with Crippen LogP contribution >= 0.6 is 0 Å². The zero-order valence-electron chi connectivity index (χ0n) is 21.0. The maximum Gasteiger partial charge on any atom is 0.254 e. The fourth-order valence-electron chi connectivity index (χ4n) is 4.22. The molecule has 0 saturated carbocycles. The van der Waals surface area contributed by atoms with Crippen molar-refractivity contribution in [2.24, 2.45) is 0 Å². The second-order valence-corrected chi connectivity index (χ2v) is 10.9. The molecule has 1 saturated heterocycles. The molecule has 0 spiro atoms. The fourth-order valence-corrected chi connectivity index (χ4v) is 5.08. The van der Waals surface area contributed by atoms with E-state index in [1.165, 1.54) is 0 Å². The van der Waals surface area contributed by atoms with Crippen molar-refractivity contribution in [2.45, 2.75) is 13.0 Å². The van der Waals surface area contributed by atoms with Gasteiger partial charge in [0.05, 0.1) is 31.2 Å². The highest BCUT2D eigenvalue weighted by Gasteiger charge is 2.25. The van der Waals surface area contributed by atoms with Crippen molar-refractivity contribution in [3.8, 4) is 0 Å². The van der Waals surface area contributed by atoms with Gasteiger partial charge in [-0.05, 0) is 42.3 Å². The van der Waals surface area contributed by atoms with Crippen molar-refractivity contribution >= 4 is 27.5 Å². The van der Waals surface area contributed by atoms with Crippen LogP contribution in [-0.4, -0.2) is 64.2 Å². The van der Waals surface area contributed by atoms with Crippen molar-refractivity contribution in [3.05, 3.63) is 101 Å². The summed E-state index contributed by atoms with van der Waals surface area (Å²) in [5.74, 6) is -0.587. The number of ether oxygens (including phenoxy) is 1. The van der Waals surface area contributed by atoms with E-state index < -0.39 is 28.5 Å². The predicted octanol–water partition coefficient (Wildman–Crippen LogP) is 3.14. The highest BCUT2D eigenvalue weighted by Crippen LogP contribution is 2.24. The number of nitrogens with zero attached hydrogens (tertiary/aromatic N) is 2. The number of sulfonamides is 1. The smallest absolute Gasteiger partial charge is 0.254 e. The van der Waals surface area contributed by atoms with Gasteiger partial charge < -0.3 is 15.0 Å². The molecule has 1 N–H and O–H groups in total. The Bertz CT molecular complexity index is 1320.